The summed E-state index contributed by atoms with van der Waals surface area (Å²) in [6, 6.07) is 1.81. The molecule has 0 bridgehead atoms. The summed E-state index contributed by atoms with van der Waals surface area (Å²) in [5, 5.41) is 1.48. The van der Waals surface area contributed by atoms with E-state index in [1.807, 2.05) is 6.07 Å². The van der Waals surface area contributed by atoms with Gasteiger partial charge >= 0.3 is 0 Å². The molecule has 78 valence electrons. The van der Waals surface area contributed by atoms with Crippen molar-refractivity contribution in [3.05, 3.63) is 17.0 Å². The fraction of sp³-hybridized carbons (Fsp3) is 0.600. The van der Waals surface area contributed by atoms with E-state index in [0.29, 0.717) is 5.15 Å². The van der Waals surface area contributed by atoms with Gasteiger partial charge in [-0.2, -0.15) is 0 Å². The van der Waals surface area contributed by atoms with Gasteiger partial charge in [-0.15, -0.1) is 11.8 Å². The highest BCUT2D eigenvalue weighted by atomic mass is 35.5. The van der Waals surface area contributed by atoms with E-state index in [1.54, 1.807) is 11.8 Å². The van der Waals surface area contributed by atoms with Crippen LogP contribution >= 0.6 is 23.4 Å². The monoisotopic (exact) mass is 230 g/mol. The SMILES string of the molecule is CCSc1cc(Cl)nc(C(C)(C)C)n1. The van der Waals surface area contributed by atoms with Gasteiger partial charge in [0.15, 0.2) is 0 Å². The van der Waals surface area contributed by atoms with Crippen molar-refractivity contribution in [3.63, 3.8) is 0 Å². The molecule has 1 rings (SSSR count). The molecule has 0 saturated carbocycles. The van der Waals surface area contributed by atoms with E-state index in [4.69, 9.17) is 11.6 Å². The van der Waals surface area contributed by atoms with Crippen molar-refractivity contribution >= 4 is 23.4 Å². The third-order valence-electron chi connectivity index (χ3n) is 1.63. The summed E-state index contributed by atoms with van der Waals surface area (Å²) >= 11 is 7.61. The van der Waals surface area contributed by atoms with Crippen molar-refractivity contribution < 1.29 is 0 Å². The number of hydrogen-bond donors (Lipinski definition) is 0. The van der Waals surface area contributed by atoms with Crippen LogP contribution in [0.15, 0.2) is 11.1 Å². The summed E-state index contributed by atoms with van der Waals surface area (Å²) in [6.45, 7) is 8.34. The van der Waals surface area contributed by atoms with Crippen LogP contribution in [0.4, 0.5) is 0 Å². The van der Waals surface area contributed by atoms with Crippen LogP contribution in [0.1, 0.15) is 33.5 Å². The lowest BCUT2D eigenvalue weighted by Crippen LogP contribution is -2.16. The van der Waals surface area contributed by atoms with Gasteiger partial charge in [-0.1, -0.05) is 39.3 Å². The zero-order valence-corrected chi connectivity index (χ0v) is 10.5. The molecule has 0 aliphatic heterocycles. The molecular weight excluding hydrogens is 216 g/mol. The molecule has 14 heavy (non-hydrogen) atoms. The topological polar surface area (TPSA) is 25.8 Å². The van der Waals surface area contributed by atoms with E-state index in [2.05, 4.69) is 37.7 Å². The van der Waals surface area contributed by atoms with Gasteiger partial charge < -0.3 is 0 Å². The van der Waals surface area contributed by atoms with Crippen LogP contribution in [-0.4, -0.2) is 15.7 Å². The zero-order valence-electron chi connectivity index (χ0n) is 8.97. The predicted molar refractivity (Wildman–Crippen MR) is 62.1 cm³/mol. The Morgan fingerprint density at radius 2 is 2.00 bits per heavy atom. The molecule has 0 aromatic carbocycles. The summed E-state index contributed by atoms with van der Waals surface area (Å²) in [5.74, 6) is 1.80. The number of aromatic nitrogens is 2. The molecule has 1 aromatic rings. The maximum atomic E-state index is 5.93. The summed E-state index contributed by atoms with van der Waals surface area (Å²) in [5.41, 5.74) is -0.0477. The second-order valence-corrected chi connectivity index (χ2v) is 5.71. The average Bonchev–Trinajstić information content (AvgIpc) is 2.02. The van der Waals surface area contributed by atoms with E-state index in [9.17, 15) is 0 Å². The number of halogens is 1. The first-order valence-electron chi connectivity index (χ1n) is 4.61. The highest BCUT2D eigenvalue weighted by Gasteiger charge is 2.18. The molecule has 0 N–H and O–H groups in total. The van der Waals surface area contributed by atoms with Gasteiger partial charge in [0.2, 0.25) is 0 Å². The average molecular weight is 231 g/mol. The number of rotatable bonds is 2. The first-order chi connectivity index (χ1) is 6.43. The smallest absolute Gasteiger partial charge is 0.136 e. The highest BCUT2D eigenvalue weighted by molar-refractivity contribution is 7.99. The molecule has 0 aliphatic carbocycles. The lowest BCUT2D eigenvalue weighted by Gasteiger charge is -2.17. The molecule has 1 aromatic heterocycles. The van der Waals surface area contributed by atoms with Gasteiger partial charge in [-0.3, -0.25) is 0 Å². The van der Waals surface area contributed by atoms with Gasteiger partial charge in [0.25, 0.3) is 0 Å². The van der Waals surface area contributed by atoms with Gasteiger partial charge in [0.05, 0.1) is 0 Å². The Balaban J connectivity index is 3.07. The summed E-state index contributed by atoms with van der Waals surface area (Å²) in [7, 11) is 0. The summed E-state index contributed by atoms with van der Waals surface area (Å²) < 4.78 is 0. The summed E-state index contributed by atoms with van der Waals surface area (Å²) in [4.78, 5) is 8.69. The Morgan fingerprint density at radius 1 is 1.36 bits per heavy atom. The van der Waals surface area contributed by atoms with Crippen molar-refractivity contribution in [2.45, 2.75) is 38.1 Å². The quantitative estimate of drug-likeness (QED) is 0.574. The lowest BCUT2D eigenvalue weighted by molar-refractivity contribution is 0.538. The second-order valence-electron chi connectivity index (χ2n) is 4.04. The Kier molecular flexibility index (Phi) is 3.78. The van der Waals surface area contributed by atoms with E-state index < -0.39 is 0 Å². The number of nitrogens with zero attached hydrogens (tertiary/aromatic N) is 2. The van der Waals surface area contributed by atoms with Crippen molar-refractivity contribution in [1.82, 2.24) is 9.97 Å². The first-order valence-corrected chi connectivity index (χ1v) is 5.97. The van der Waals surface area contributed by atoms with E-state index >= 15 is 0 Å². The molecule has 0 saturated heterocycles. The Labute approximate surface area is 94.5 Å². The number of hydrogen-bond acceptors (Lipinski definition) is 3. The van der Waals surface area contributed by atoms with Crippen molar-refractivity contribution in [1.29, 1.82) is 0 Å². The second kappa shape index (κ2) is 4.49. The third-order valence-corrected chi connectivity index (χ3v) is 2.62. The van der Waals surface area contributed by atoms with Crippen LogP contribution in [0.3, 0.4) is 0 Å². The lowest BCUT2D eigenvalue weighted by atomic mass is 9.96. The Hall–Kier alpha value is -0.280. The highest BCUT2D eigenvalue weighted by Crippen LogP contribution is 2.24. The van der Waals surface area contributed by atoms with Crippen LogP contribution in [0.5, 0.6) is 0 Å². The zero-order chi connectivity index (χ0) is 10.8. The minimum atomic E-state index is -0.0477. The molecule has 0 aliphatic rings. The van der Waals surface area contributed by atoms with E-state index in [0.717, 1.165) is 16.6 Å². The molecule has 0 spiro atoms. The standard InChI is InChI=1S/C10H15ClN2S/c1-5-14-8-6-7(11)12-9(13-8)10(2,3)4/h6H,5H2,1-4H3. The van der Waals surface area contributed by atoms with Gasteiger partial charge in [-0.05, 0) is 5.75 Å². The molecule has 0 radical (unpaired) electrons. The third kappa shape index (κ3) is 3.14. The van der Waals surface area contributed by atoms with E-state index in [-0.39, 0.29) is 5.41 Å². The maximum absolute atomic E-state index is 5.93. The molecule has 2 nitrogen and oxygen atoms in total. The molecule has 4 heteroatoms. The summed E-state index contributed by atoms with van der Waals surface area (Å²) in [6.07, 6.45) is 0. The maximum Gasteiger partial charge on any atom is 0.136 e. The normalized spacial score (nSPS) is 11.8. The van der Waals surface area contributed by atoms with Crippen LogP contribution in [0.25, 0.3) is 0 Å². The largest absolute Gasteiger partial charge is 0.226 e. The molecular formula is C10H15ClN2S. The van der Waals surface area contributed by atoms with Crippen LogP contribution < -0.4 is 0 Å². The molecule has 1 heterocycles. The van der Waals surface area contributed by atoms with E-state index in [1.165, 1.54) is 0 Å². The van der Waals surface area contributed by atoms with Gasteiger partial charge in [-0.25, -0.2) is 9.97 Å². The van der Waals surface area contributed by atoms with Crippen molar-refractivity contribution in [2.75, 3.05) is 5.75 Å². The first kappa shape index (κ1) is 11.8. The van der Waals surface area contributed by atoms with Gasteiger partial charge in [0.1, 0.15) is 16.0 Å². The Bertz CT molecular complexity index is 320. The van der Waals surface area contributed by atoms with Crippen LogP contribution in [-0.2, 0) is 5.41 Å². The predicted octanol–water partition coefficient (Wildman–Crippen LogP) is 3.54. The van der Waals surface area contributed by atoms with Crippen LogP contribution in [0, 0.1) is 0 Å². The Morgan fingerprint density at radius 3 is 2.50 bits per heavy atom. The minimum absolute atomic E-state index is 0.0477. The van der Waals surface area contributed by atoms with Crippen molar-refractivity contribution in [2.24, 2.45) is 0 Å². The molecule has 0 atom stereocenters. The number of thioether (sulfide) groups is 1. The molecule has 0 amide bonds. The molecule has 0 unspecified atom stereocenters. The molecule has 0 fully saturated rings. The van der Waals surface area contributed by atoms with Gasteiger partial charge in [0, 0.05) is 11.5 Å². The fourth-order valence-corrected chi connectivity index (χ4v) is 1.84. The fourth-order valence-electron chi connectivity index (χ4n) is 0.954. The minimum Gasteiger partial charge on any atom is -0.226 e. The van der Waals surface area contributed by atoms with Crippen LogP contribution in [0.2, 0.25) is 5.15 Å². The van der Waals surface area contributed by atoms with Crippen molar-refractivity contribution in [3.8, 4) is 0 Å².